The Bertz CT molecular complexity index is 647. The minimum atomic E-state index is 0. The van der Waals surface area contributed by atoms with Crippen LogP contribution in [-0.4, -0.2) is 11.8 Å². The summed E-state index contributed by atoms with van der Waals surface area (Å²) < 4.78 is 0. The lowest BCUT2D eigenvalue weighted by molar-refractivity contribution is -0.0862. The molecule has 0 heterocycles. The minimum Gasteiger partial charge on any atom is -0.393 e. The van der Waals surface area contributed by atoms with Crippen molar-refractivity contribution in [3.05, 3.63) is 12.2 Å². The Hall–Kier alpha value is -0.790. The molecule has 0 saturated heterocycles. The number of oxime groups is 1. The van der Waals surface area contributed by atoms with Crippen LogP contribution in [0.15, 0.2) is 17.3 Å². The van der Waals surface area contributed by atoms with Gasteiger partial charge in [0, 0.05) is 0 Å². The third-order valence-electron chi connectivity index (χ3n) is 10.3. The van der Waals surface area contributed by atoms with Crippen molar-refractivity contribution in [2.45, 2.75) is 117 Å². The molecule has 4 unspecified atom stereocenters. The second-order valence-electron chi connectivity index (χ2n) is 11.5. The molecule has 5 aliphatic carbocycles. The normalized spacial score (nSPS) is 46.4. The third kappa shape index (κ3) is 3.51. The van der Waals surface area contributed by atoms with Gasteiger partial charge in [0.2, 0.25) is 0 Å². The Morgan fingerprint density at radius 2 is 1.69 bits per heavy atom. The summed E-state index contributed by atoms with van der Waals surface area (Å²) in [7, 11) is 0. The predicted octanol–water partition coefficient (Wildman–Crippen LogP) is 7.93. The first-order valence-corrected chi connectivity index (χ1v) is 12.4. The van der Waals surface area contributed by atoms with E-state index in [2.05, 4.69) is 20.4 Å². The summed E-state index contributed by atoms with van der Waals surface area (Å²) >= 11 is 0. The van der Waals surface area contributed by atoms with Gasteiger partial charge >= 0.3 is 0 Å². The molecule has 5 aliphatic rings. The molecule has 0 bridgehead atoms. The van der Waals surface area contributed by atoms with Gasteiger partial charge in [-0.1, -0.05) is 45.0 Å². The Morgan fingerprint density at radius 3 is 2.48 bits per heavy atom. The van der Waals surface area contributed by atoms with Crippen LogP contribution in [0.2, 0.25) is 0 Å². The average molecular weight is 400 g/mol. The van der Waals surface area contributed by atoms with E-state index in [0.717, 1.165) is 23.7 Å². The molecule has 0 aromatic heterocycles. The Labute approximate surface area is 179 Å². The Balaban J connectivity index is 0.00000205. The fourth-order valence-corrected chi connectivity index (χ4v) is 8.37. The maximum atomic E-state index is 6.00. The summed E-state index contributed by atoms with van der Waals surface area (Å²) in [5.74, 6) is 3.65. The fourth-order valence-electron chi connectivity index (χ4n) is 8.37. The first-order chi connectivity index (χ1) is 13.5. The van der Waals surface area contributed by atoms with Crippen molar-refractivity contribution in [1.29, 1.82) is 0 Å². The van der Waals surface area contributed by atoms with E-state index in [4.69, 9.17) is 9.99 Å². The molecular formula is C27H45NO. The van der Waals surface area contributed by atoms with Crippen LogP contribution >= 0.6 is 0 Å². The van der Waals surface area contributed by atoms with Crippen molar-refractivity contribution in [3.8, 4) is 0 Å². The van der Waals surface area contributed by atoms with Crippen LogP contribution in [-0.2, 0) is 4.84 Å². The number of hydrogen-bond acceptors (Lipinski definition) is 2. The van der Waals surface area contributed by atoms with Crippen LogP contribution in [0.4, 0.5) is 0 Å². The zero-order valence-corrected chi connectivity index (χ0v) is 18.3. The number of fused-ring (bicyclic) bond motifs is 5. The summed E-state index contributed by atoms with van der Waals surface area (Å²) in [4.78, 5) is 6.00. The summed E-state index contributed by atoms with van der Waals surface area (Å²) in [6.07, 6.45) is 19.0. The summed E-state index contributed by atoms with van der Waals surface area (Å²) in [6, 6.07) is 0. The van der Waals surface area contributed by atoms with E-state index in [9.17, 15) is 0 Å². The van der Waals surface area contributed by atoms with E-state index >= 15 is 0 Å². The van der Waals surface area contributed by atoms with Gasteiger partial charge in [0.25, 0.3) is 0 Å². The van der Waals surface area contributed by atoms with Crippen molar-refractivity contribution >= 4 is 5.71 Å². The largest absolute Gasteiger partial charge is 0.393 e. The maximum Gasteiger partial charge on any atom is 0.127 e. The molecular weight excluding hydrogens is 354 g/mol. The van der Waals surface area contributed by atoms with Gasteiger partial charge in [-0.2, -0.15) is 0 Å². The molecule has 164 valence electrons. The van der Waals surface area contributed by atoms with Crippen LogP contribution in [0.5, 0.6) is 0 Å². The lowest BCUT2D eigenvalue weighted by Gasteiger charge is -2.60. The molecule has 2 heteroatoms. The van der Waals surface area contributed by atoms with E-state index in [1.165, 1.54) is 95.6 Å². The van der Waals surface area contributed by atoms with E-state index in [-0.39, 0.29) is 7.43 Å². The standard InChI is InChI=1S/C26H41NO.CH4/c1-18-9-12-23-22-11-10-19-17-20(27-28-21-7-5-4-6-8-21)13-15-26(19,3)24(22)14-16-25(18,23)2;/h19,21-24H,1,4-17H2,2-3H3;1H4/t19?,22?,23?,24?,25-,26+;/m1./s1. The molecule has 0 spiro atoms. The molecule has 0 aromatic rings. The number of hydrogen-bond donors (Lipinski definition) is 0. The van der Waals surface area contributed by atoms with E-state index < -0.39 is 0 Å². The van der Waals surface area contributed by atoms with Crippen LogP contribution in [0.1, 0.15) is 111 Å². The highest BCUT2D eigenvalue weighted by Gasteiger charge is 2.58. The van der Waals surface area contributed by atoms with Gasteiger partial charge in [-0.05, 0) is 118 Å². The molecule has 5 saturated carbocycles. The topological polar surface area (TPSA) is 21.6 Å². The molecule has 5 rings (SSSR count). The Kier molecular flexibility index (Phi) is 5.95. The van der Waals surface area contributed by atoms with Gasteiger partial charge in [0.15, 0.2) is 0 Å². The zero-order chi connectivity index (χ0) is 19.4. The van der Waals surface area contributed by atoms with Gasteiger partial charge in [-0.3, -0.25) is 0 Å². The van der Waals surface area contributed by atoms with Gasteiger partial charge < -0.3 is 4.84 Å². The lowest BCUT2D eigenvalue weighted by atomic mass is 9.45. The second kappa shape index (κ2) is 8.04. The highest BCUT2D eigenvalue weighted by molar-refractivity contribution is 5.85. The minimum absolute atomic E-state index is 0. The highest BCUT2D eigenvalue weighted by Crippen LogP contribution is 2.66. The van der Waals surface area contributed by atoms with Crippen LogP contribution in [0.25, 0.3) is 0 Å². The molecule has 29 heavy (non-hydrogen) atoms. The molecule has 2 nitrogen and oxygen atoms in total. The van der Waals surface area contributed by atoms with E-state index in [1.54, 1.807) is 5.57 Å². The van der Waals surface area contributed by atoms with Gasteiger partial charge in [0.05, 0.1) is 5.71 Å². The summed E-state index contributed by atoms with van der Waals surface area (Å²) in [6.45, 7) is 9.69. The smallest absolute Gasteiger partial charge is 0.127 e. The van der Waals surface area contributed by atoms with Gasteiger partial charge in [0.1, 0.15) is 6.10 Å². The SMILES string of the molecule is C.C=C1CCC2C3CCC4CC(=NOC5CCCCC5)CC[C@]4(C)C3CC[C@]12C. The number of nitrogens with zero attached hydrogens (tertiary/aromatic N) is 1. The first kappa shape index (κ1) is 21.4. The predicted molar refractivity (Wildman–Crippen MR) is 123 cm³/mol. The molecule has 6 atom stereocenters. The number of rotatable bonds is 2. The van der Waals surface area contributed by atoms with Crippen molar-refractivity contribution < 1.29 is 4.84 Å². The molecule has 5 fully saturated rings. The number of allylic oxidation sites excluding steroid dienone is 1. The highest BCUT2D eigenvalue weighted by atomic mass is 16.6. The molecule has 0 N–H and O–H groups in total. The van der Waals surface area contributed by atoms with Crippen LogP contribution in [0.3, 0.4) is 0 Å². The van der Waals surface area contributed by atoms with Crippen molar-refractivity contribution in [1.82, 2.24) is 0 Å². The quantitative estimate of drug-likeness (QED) is 0.341. The van der Waals surface area contributed by atoms with Crippen LogP contribution < -0.4 is 0 Å². The monoisotopic (exact) mass is 399 g/mol. The lowest BCUT2D eigenvalue weighted by Crippen LogP contribution is -2.52. The van der Waals surface area contributed by atoms with Crippen molar-refractivity contribution in [3.63, 3.8) is 0 Å². The van der Waals surface area contributed by atoms with Gasteiger partial charge in [-0.15, -0.1) is 0 Å². The van der Waals surface area contributed by atoms with Crippen LogP contribution in [0, 0.1) is 34.5 Å². The Morgan fingerprint density at radius 1 is 0.897 bits per heavy atom. The maximum absolute atomic E-state index is 6.00. The summed E-state index contributed by atoms with van der Waals surface area (Å²) in [5, 5.41) is 4.71. The molecule has 0 aromatic carbocycles. The van der Waals surface area contributed by atoms with E-state index in [1.807, 2.05) is 0 Å². The third-order valence-corrected chi connectivity index (χ3v) is 10.3. The molecule has 0 radical (unpaired) electrons. The van der Waals surface area contributed by atoms with Gasteiger partial charge in [-0.25, -0.2) is 0 Å². The first-order valence-electron chi connectivity index (χ1n) is 12.4. The second-order valence-corrected chi connectivity index (χ2v) is 11.5. The zero-order valence-electron chi connectivity index (χ0n) is 18.3. The fraction of sp³-hybridized carbons (Fsp3) is 0.889. The summed E-state index contributed by atoms with van der Waals surface area (Å²) in [5.41, 5.74) is 3.94. The van der Waals surface area contributed by atoms with Crippen molar-refractivity contribution in [2.75, 3.05) is 0 Å². The molecule has 0 amide bonds. The molecule has 0 aliphatic heterocycles. The average Bonchev–Trinajstić information content (AvgIpc) is 3.02. The van der Waals surface area contributed by atoms with E-state index in [0.29, 0.717) is 16.9 Å². The van der Waals surface area contributed by atoms with Crippen molar-refractivity contribution in [2.24, 2.45) is 39.7 Å².